The lowest BCUT2D eigenvalue weighted by molar-refractivity contribution is 0.0535. The third kappa shape index (κ3) is 3.56. The number of hydrogen-bond donors (Lipinski definition) is 0. The molecule has 29 heavy (non-hydrogen) atoms. The molecule has 2 heterocycles. The quantitative estimate of drug-likeness (QED) is 0.763. The van der Waals surface area contributed by atoms with E-state index in [0.29, 0.717) is 37.5 Å². The van der Waals surface area contributed by atoms with Gasteiger partial charge >= 0.3 is 0 Å². The van der Waals surface area contributed by atoms with Gasteiger partial charge in [-0.15, -0.1) is 11.3 Å². The van der Waals surface area contributed by atoms with Crippen molar-refractivity contribution in [3.05, 3.63) is 57.6 Å². The molecule has 0 N–H and O–H groups in total. The van der Waals surface area contributed by atoms with E-state index in [9.17, 15) is 19.2 Å². The molecule has 1 aromatic heterocycles. The molecular weight excluding hydrogens is 394 g/mol. The van der Waals surface area contributed by atoms with Crippen molar-refractivity contribution in [3.63, 3.8) is 0 Å². The van der Waals surface area contributed by atoms with E-state index in [0.717, 1.165) is 11.3 Å². The smallest absolute Gasteiger partial charge is 0.282 e. The number of ether oxygens (including phenoxy) is 1. The monoisotopic (exact) mass is 411 g/mol. The van der Waals surface area contributed by atoms with Gasteiger partial charge in [0.15, 0.2) is 10.8 Å². The first-order valence-corrected chi connectivity index (χ1v) is 9.80. The molecule has 0 saturated carbocycles. The van der Waals surface area contributed by atoms with Crippen LogP contribution in [0.4, 0.5) is 0 Å². The van der Waals surface area contributed by atoms with Gasteiger partial charge in [-0.25, -0.2) is 4.98 Å². The average Bonchev–Trinajstić information content (AvgIpc) is 3.22. The number of fused-ring (bicyclic) bond motifs is 1. The minimum Gasteiger partial charge on any atom is -0.497 e. The molecule has 0 atom stereocenters. The highest BCUT2D eigenvalue weighted by atomic mass is 32.1. The van der Waals surface area contributed by atoms with Crippen LogP contribution in [-0.4, -0.2) is 71.5 Å². The van der Waals surface area contributed by atoms with Crippen molar-refractivity contribution in [1.29, 1.82) is 0 Å². The van der Waals surface area contributed by atoms with Crippen LogP contribution in [0.15, 0.2) is 36.4 Å². The predicted molar refractivity (Wildman–Crippen MR) is 105 cm³/mol. The molecule has 0 unspecified atom stereocenters. The normalized spacial score (nSPS) is 16.0. The number of piperazine rings is 1. The van der Waals surface area contributed by atoms with E-state index < -0.39 is 0 Å². The molecule has 0 bridgehead atoms. The molecular formula is C20H17N3O5S. The average molecular weight is 411 g/mol. The lowest BCUT2D eigenvalue weighted by atomic mass is 10.1. The number of methoxy groups -OCH3 is 1. The minimum absolute atomic E-state index is 0.0409. The van der Waals surface area contributed by atoms with Crippen molar-refractivity contribution in [3.8, 4) is 5.75 Å². The first kappa shape index (κ1) is 19.0. The maximum Gasteiger partial charge on any atom is 0.282 e. The Morgan fingerprint density at radius 1 is 0.931 bits per heavy atom. The number of hydrogen-bond acceptors (Lipinski definition) is 7. The summed E-state index contributed by atoms with van der Waals surface area (Å²) in [5.41, 5.74) is 0.599. The van der Waals surface area contributed by atoms with Gasteiger partial charge in [-0.2, -0.15) is 0 Å². The number of thiazole rings is 1. The Morgan fingerprint density at radius 2 is 1.52 bits per heavy atom. The second kappa shape index (κ2) is 7.59. The summed E-state index contributed by atoms with van der Waals surface area (Å²) in [5, 5.41) is 0.121. The van der Waals surface area contributed by atoms with E-state index in [1.54, 1.807) is 41.2 Å². The first-order valence-electron chi connectivity index (χ1n) is 8.98. The van der Waals surface area contributed by atoms with Crippen LogP contribution in [0.2, 0.25) is 0 Å². The second-order valence-electron chi connectivity index (χ2n) is 6.57. The van der Waals surface area contributed by atoms with Gasteiger partial charge in [-0.1, -0.05) is 0 Å². The standard InChI is InChI=1S/C20H17N3O5S/c1-28-13-4-2-12(3-5-13)19(26)22-8-10-23(11-9-22)20(27)18-21-16-14(24)6-7-15(25)17(16)29-18/h2-7H,8-11H2,1H3. The summed E-state index contributed by atoms with van der Waals surface area (Å²) in [6, 6.07) is 6.88. The van der Waals surface area contributed by atoms with Crippen molar-refractivity contribution in [2.45, 2.75) is 0 Å². The highest BCUT2D eigenvalue weighted by Crippen LogP contribution is 2.25. The van der Waals surface area contributed by atoms with Crippen LogP contribution in [0.1, 0.15) is 40.3 Å². The summed E-state index contributed by atoms with van der Waals surface area (Å²) < 4.78 is 5.10. The second-order valence-corrected chi connectivity index (χ2v) is 7.57. The molecule has 1 aliphatic carbocycles. The zero-order chi connectivity index (χ0) is 20.5. The van der Waals surface area contributed by atoms with Crippen LogP contribution in [0.25, 0.3) is 0 Å². The minimum atomic E-state index is -0.371. The Bertz CT molecular complexity index is 997. The highest BCUT2D eigenvalue weighted by Gasteiger charge is 2.31. The SMILES string of the molecule is COc1ccc(C(=O)N2CCN(C(=O)c3nc4c(s3)C(=O)C=CC4=O)CC2)cc1. The van der Waals surface area contributed by atoms with Gasteiger partial charge in [-0.05, 0) is 36.4 Å². The number of nitrogens with zero attached hydrogens (tertiary/aromatic N) is 3. The number of amides is 2. The molecule has 8 nitrogen and oxygen atoms in total. The Kier molecular flexibility index (Phi) is 4.98. The zero-order valence-corrected chi connectivity index (χ0v) is 16.4. The van der Waals surface area contributed by atoms with Crippen molar-refractivity contribution in [2.75, 3.05) is 33.3 Å². The van der Waals surface area contributed by atoms with Gasteiger partial charge in [0, 0.05) is 31.7 Å². The van der Waals surface area contributed by atoms with E-state index in [1.807, 2.05) is 0 Å². The maximum atomic E-state index is 12.8. The van der Waals surface area contributed by atoms with Gasteiger partial charge in [0.25, 0.3) is 11.8 Å². The number of aromatic nitrogens is 1. The fourth-order valence-corrected chi connectivity index (χ4v) is 4.17. The molecule has 148 valence electrons. The van der Waals surface area contributed by atoms with Crippen LogP contribution in [0.3, 0.4) is 0 Å². The molecule has 2 aromatic rings. The summed E-state index contributed by atoms with van der Waals surface area (Å²) in [7, 11) is 1.56. The van der Waals surface area contributed by atoms with Gasteiger partial charge in [0.2, 0.25) is 5.78 Å². The summed E-state index contributed by atoms with van der Waals surface area (Å²) in [4.78, 5) is 56.7. The van der Waals surface area contributed by atoms with Crippen molar-refractivity contribution in [2.24, 2.45) is 0 Å². The summed E-state index contributed by atoms with van der Waals surface area (Å²) in [5.74, 6) is -0.445. The third-order valence-corrected chi connectivity index (χ3v) is 5.90. The van der Waals surface area contributed by atoms with Gasteiger partial charge < -0.3 is 14.5 Å². The number of carbonyl (C=O) groups is 4. The van der Waals surface area contributed by atoms with Crippen molar-refractivity contribution in [1.82, 2.24) is 14.8 Å². The van der Waals surface area contributed by atoms with Crippen LogP contribution in [-0.2, 0) is 0 Å². The molecule has 1 aromatic carbocycles. The van der Waals surface area contributed by atoms with E-state index in [-0.39, 0.29) is 39.0 Å². The number of ketones is 2. The number of allylic oxidation sites excluding steroid dienone is 2. The van der Waals surface area contributed by atoms with Crippen LogP contribution in [0, 0.1) is 0 Å². The molecule has 4 rings (SSSR count). The molecule has 1 saturated heterocycles. The van der Waals surface area contributed by atoms with Crippen molar-refractivity contribution < 1.29 is 23.9 Å². The van der Waals surface area contributed by atoms with E-state index in [4.69, 9.17) is 4.74 Å². The van der Waals surface area contributed by atoms with E-state index >= 15 is 0 Å². The highest BCUT2D eigenvalue weighted by molar-refractivity contribution is 7.16. The molecule has 2 aliphatic rings. The van der Waals surface area contributed by atoms with Crippen LogP contribution >= 0.6 is 11.3 Å². The summed E-state index contributed by atoms with van der Waals surface area (Å²) in [6.45, 7) is 1.48. The Hall–Kier alpha value is -3.33. The number of rotatable bonds is 3. The number of benzene rings is 1. The largest absolute Gasteiger partial charge is 0.497 e. The Labute approximate surface area is 170 Å². The maximum absolute atomic E-state index is 12.8. The summed E-state index contributed by atoms with van der Waals surface area (Å²) in [6.07, 6.45) is 2.36. The fraction of sp³-hybridized carbons (Fsp3) is 0.250. The third-order valence-electron chi connectivity index (χ3n) is 4.84. The number of carbonyl (C=O) groups excluding carboxylic acids is 4. The van der Waals surface area contributed by atoms with E-state index in [2.05, 4.69) is 4.98 Å². The molecule has 0 radical (unpaired) electrons. The lowest BCUT2D eigenvalue weighted by Crippen LogP contribution is -2.50. The van der Waals surface area contributed by atoms with Gasteiger partial charge in [0.05, 0.1) is 7.11 Å². The molecule has 0 spiro atoms. The Balaban J connectivity index is 1.41. The van der Waals surface area contributed by atoms with Crippen LogP contribution in [0.5, 0.6) is 5.75 Å². The van der Waals surface area contributed by atoms with Crippen molar-refractivity contribution >= 4 is 34.7 Å². The van der Waals surface area contributed by atoms with Gasteiger partial charge in [-0.3, -0.25) is 19.2 Å². The van der Waals surface area contributed by atoms with Crippen LogP contribution < -0.4 is 4.74 Å². The van der Waals surface area contributed by atoms with Gasteiger partial charge in [0.1, 0.15) is 16.3 Å². The molecule has 1 fully saturated rings. The topological polar surface area (TPSA) is 96.9 Å². The first-order chi connectivity index (χ1) is 14.0. The summed E-state index contributed by atoms with van der Waals surface area (Å²) >= 11 is 0.940. The zero-order valence-electron chi connectivity index (χ0n) is 15.6. The molecule has 9 heteroatoms. The predicted octanol–water partition coefficient (Wildman–Crippen LogP) is 1.69. The molecule has 2 amide bonds. The fourth-order valence-electron chi connectivity index (χ4n) is 3.22. The van der Waals surface area contributed by atoms with E-state index in [1.165, 1.54) is 12.2 Å². The molecule has 1 aliphatic heterocycles. The lowest BCUT2D eigenvalue weighted by Gasteiger charge is -2.34. The Morgan fingerprint density at radius 3 is 2.10 bits per heavy atom.